The van der Waals surface area contributed by atoms with Crippen molar-refractivity contribution >= 4 is 48.1 Å². The number of ether oxygens (including phenoxy) is 1. The molecule has 280 valence electrons. The zero-order valence-corrected chi connectivity index (χ0v) is 34.0. The zero-order valence-electron chi connectivity index (χ0n) is 32.1. The summed E-state index contributed by atoms with van der Waals surface area (Å²) in [6.07, 6.45) is 5.82. The Labute approximate surface area is 326 Å². The number of benzene rings is 5. The third-order valence-corrected chi connectivity index (χ3v) is 17.6. The number of esters is 1. The highest BCUT2D eigenvalue weighted by Crippen LogP contribution is 2.46. The Morgan fingerprint density at radius 1 is 0.727 bits per heavy atom. The molecule has 1 aromatic heterocycles. The largest absolute Gasteiger partial charge is 0.465 e. The van der Waals surface area contributed by atoms with Crippen LogP contribution in [0.15, 0.2) is 176 Å². The molecule has 0 fully saturated rings. The Balaban J connectivity index is 1.50. The maximum Gasteiger partial charge on any atom is 0.337 e. The Kier molecular flexibility index (Phi) is 12.6. The molecule has 0 spiro atoms. The molecule has 0 saturated heterocycles. The van der Waals surface area contributed by atoms with Gasteiger partial charge >= 0.3 is 5.97 Å². The lowest BCUT2D eigenvalue weighted by molar-refractivity contribution is 0.0600. The van der Waals surface area contributed by atoms with E-state index in [2.05, 4.69) is 105 Å². The predicted octanol–water partition coefficient (Wildman–Crippen LogP) is 8.72. The molecule has 6 nitrogen and oxygen atoms in total. The molecule has 6 aromatic rings. The van der Waals surface area contributed by atoms with Crippen molar-refractivity contribution in [1.29, 1.82) is 0 Å². The molecule has 0 bridgehead atoms. The van der Waals surface area contributed by atoms with Crippen LogP contribution in [0.4, 0.5) is 0 Å². The molecule has 2 atom stereocenters. The zero-order chi connectivity index (χ0) is 38.9. The van der Waals surface area contributed by atoms with E-state index >= 15 is 4.57 Å². The average Bonchev–Trinajstić information content (AvgIpc) is 3.23. The number of aromatic nitrogens is 1. The van der Waals surface area contributed by atoms with E-state index in [4.69, 9.17) is 9.16 Å². The quantitative estimate of drug-likeness (QED) is 0.0680. The fourth-order valence-corrected chi connectivity index (χ4v) is 14.4. The van der Waals surface area contributed by atoms with Gasteiger partial charge in [0.1, 0.15) is 0 Å². The number of carbonyl (C=O) groups is 1. The van der Waals surface area contributed by atoms with Gasteiger partial charge in [0.05, 0.1) is 18.7 Å². The fraction of sp³-hybridized carbons (Fsp3) is 0.191. The van der Waals surface area contributed by atoms with E-state index in [1.807, 2.05) is 91.1 Å². The lowest BCUT2D eigenvalue weighted by Crippen LogP contribution is -2.66. The summed E-state index contributed by atoms with van der Waals surface area (Å²) >= 11 is 0. The number of hydrogen-bond donors (Lipinski definition) is 1. The molecule has 0 saturated carbocycles. The van der Waals surface area contributed by atoms with Gasteiger partial charge in [0, 0.05) is 29.6 Å². The van der Waals surface area contributed by atoms with Crippen LogP contribution in [0.5, 0.6) is 0 Å². The topological polar surface area (TPSA) is 77.5 Å². The lowest BCUT2D eigenvalue weighted by atomic mass is 9.91. The van der Waals surface area contributed by atoms with E-state index in [-0.39, 0.29) is 11.0 Å². The van der Waals surface area contributed by atoms with Crippen molar-refractivity contribution in [3.05, 3.63) is 193 Å². The van der Waals surface area contributed by atoms with E-state index < -0.39 is 27.6 Å². The first kappa shape index (κ1) is 39.5. The van der Waals surface area contributed by atoms with Gasteiger partial charge in [-0.3, -0.25) is 9.55 Å². The van der Waals surface area contributed by atoms with Crippen LogP contribution in [0.1, 0.15) is 55.2 Å². The summed E-state index contributed by atoms with van der Waals surface area (Å²) in [5, 5.41) is 7.33. The highest BCUT2D eigenvalue weighted by molar-refractivity contribution is 7.77. The van der Waals surface area contributed by atoms with Gasteiger partial charge in [0.25, 0.3) is 8.32 Å². The molecule has 55 heavy (non-hydrogen) atoms. The number of carbonyl (C=O) groups excluding carboxylic acids is 1. The molecular formula is C47H49N2O4PSi. The smallest absolute Gasteiger partial charge is 0.337 e. The van der Waals surface area contributed by atoms with Gasteiger partial charge in [-0.1, -0.05) is 149 Å². The molecule has 0 aliphatic carbocycles. The normalized spacial score (nSPS) is 13.5. The van der Waals surface area contributed by atoms with Crippen molar-refractivity contribution in [2.24, 2.45) is 5.92 Å². The van der Waals surface area contributed by atoms with Crippen molar-refractivity contribution in [3.8, 4) is 0 Å². The second-order valence-electron chi connectivity index (χ2n) is 14.8. The average molecular weight is 765 g/mol. The summed E-state index contributed by atoms with van der Waals surface area (Å²) < 4.78 is 28.1. The minimum Gasteiger partial charge on any atom is -0.465 e. The molecule has 1 unspecified atom stereocenters. The van der Waals surface area contributed by atoms with Crippen LogP contribution in [0.3, 0.4) is 0 Å². The van der Waals surface area contributed by atoms with E-state index in [0.29, 0.717) is 22.8 Å². The Morgan fingerprint density at radius 3 is 1.69 bits per heavy atom. The summed E-state index contributed by atoms with van der Waals surface area (Å²) in [6.45, 7) is 9.45. The predicted molar refractivity (Wildman–Crippen MR) is 228 cm³/mol. The first-order valence-corrected chi connectivity index (χ1v) is 22.2. The van der Waals surface area contributed by atoms with Gasteiger partial charge in [-0.05, 0) is 80.5 Å². The van der Waals surface area contributed by atoms with Gasteiger partial charge in [-0.25, -0.2) is 9.88 Å². The second-order valence-corrected chi connectivity index (χ2v) is 21.6. The maximum atomic E-state index is 15.7. The molecule has 0 amide bonds. The van der Waals surface area contributed by atoms with Crippen molar-refractivity contribution in [1.82, 2.24) is 10.1 Å². The van der Waals surface area contributed by atoms with Crippen LogP contribution in [0.2, 0.25) is 5.04 Å². The Morgan fingerprint density at radius 2 is 1.24 bits per heavy atom. The summed E-state index contributed by atoms with van der Waals surface area (Å²) in [6, 6.07) is 51.1. The van der Waals surface area contributed by atoms with Crippen LogP contribution >= 0.6 is 7.29 Å². The van der Waals surface area contributed by atoms with E-state index in [1.54, 1.807) is 18.3 Å². The summed E-state index contributed by atoms with van der Waals surface area (Å²) in [5.74, 6) is -0.504. The molecular weight excluding hydrogens is 716 g/mol. The number of hydrogen-bond acceptors (Lipinski definition) is 5. The molecule has 1 N–H and O–H groups in total. The second kappa shape index (κ2) is 17.5. The van der Waals surface area contributed by atoms with Crippen molar-refractivity contribution in [2.75, 3.05) is 13.7 Å². The number of rotatable bonds is 14. The van der Waals surface area contributed by atoms with Crippen molar-refractivity contribution in [3.63, 3.8) is 0 Å². The van der Waals surface area contributed by atoms with Crippen LogP contribution in [0, 0.1) is 5.92 Å². The third kappa shape index (κ3) is 8.72. The summed E-state index contributed by atoms with van der Waals surface area (Å²) in [4.78, 5) is 17.0. The maximum absolute atomic E-state index is 15.7. The number of methoxy groups -OCH3 is 1. The lowest BCUT2D eigenvalue weighted by Gasteiger charge is -2.43. The molecule has 5 aromatic carbocycles. The number of nitrogens with zero attached hydrogens (tertiary/aromatic N) is 1. The summed E-state index contributed by atoms with van der Waals surface area (Å²) in [5.41, 5.74) is 3.03. The van der Waals surface area contributed by atoms with E-state index in [0.717, 1.165) is 16.7 Å². The van der Waals surface area contributed by atoms with Gasteiger partial charge in [-0.15, -0.1) is 0 Å². The van der Waals surface area contributed by atoms with Gasteiger partial charge in [-0.2, -0.15) is 0 Å². The van der Waals surface area contributed by atoms with Crippen LogP contribution in [0.25, 0.3) is 5.57 Å². The number of pyridine rings is 1. The van der Waals surface area contributed by atoms with Crippen molar-refractivity contribution in [2.45, 2.75) is 38.8 Å². The molecule has 0 aliphatic heterocycles. The SMILES string of the molecule is COC(=O)c1ccc(C(NP(=O)(c2ccccc2)c2ccccc2)/C(=C/[C@@H](C)CO[Si](c2ccccc2)(c2ccccc2)C(C)(C)C)c2cccnc2)cc1. The monoisotopic (exact) mass is 764 g/mol. The van der Waals surface area contributed by atoms with Gasteiger partial charge in [0.15, 0.2) is 0 Å². The molecule has 0 radical (unpaired) electrons. The van der Waals surface area contributed by atoms with Crippen molar-refractivity contribution < 1.29 is 18.5 Å². The van der Waals surface area contributed by atoms with Gasteiger partial charge in [0.2, 0.25) is 7.29 Å². The van der Waals surface area contributed by atoms with Crippen LogP contribution < -0.4 is 26.1 Å². The van der Waals surface area contributed by atoms with Crippen LogP contribution in [-0.2, 0) is 13.7 Å². The fourth-order valence-electron chi connectivity index (χ4n) is 7.27. The minimum atomic E-state index is -3.47. The summed E-state index contributed by atoms with van der Waals surface area (Å²) in [7, 11) is -4.93. The molecule has 1 heterocycles. The highest BCUT2D eigenvalue weighted by Gasteiger charge is 2.50. The third-order valence-electron chi connectivity index (χ3n) is 9.97. The highest BCUT2D eigenvalue weighted by atomic mass is 31.2. The molecule has 6 rings (SSSR count). The number of nitrogens with one attached hydrogen (secondary N) is 1. The molecule has 8 heteroatoms. The Bertz CT molecular complexity index is 2130. The van der Waals surface area contributed by atoms with E-state index in [1.165, 1.54) is 17.5 Å². The van der Waals surface area contributed by atoms with Gasteiger partial charge < -0.3 is 9.16 Å². The first-order valence-electron chi connectivity index (χ1n) is 18.6. The van der Waals surface area contributed by atoms with E-state index in [9.17, 15) is 4.79 Å². The Hall–Kier alpha value is -5.17. The standard InChI is InChI=1S/C47H49N2O4PSi/c1-36(35-53-55(47(2,3)4,42-24-14-8-15-25-42)43-26-16-9-17-27-43)33-44(39-19-18-32-48-34-39)45(37-28-30-38(31-29-37)46(50)52-5)49-54(51,40-20-10-6-11-21-40)41-22-12-7-13-23-41/h6-34,36,45H,35H2,1-5H3,(H,49,51)/b44-33+/t36-,45?/m1/s1. The minimum absolute atomic E-state index is 0.0802. The van der Waals surface area contributed by atoms with Crippen LogP contribution in [-0.4, -0.2) is 33.0 Å². The molecule has 0 aliphatic rings. The first-order chi connectivity index (χ1) is 26.6.